The van der Waals surface area contributed by atoms with Crippen LogP contribution >= 0.6 is 0 Å². The molecule has 2 aromatic heterocycles. The lowest BCUT2D eigenvalue weighted by atomic mass is 10.2. The highest BCUT2D eigenvalue weighted by atomic mass is 19.1. The Hall–Kier alpha value is -3.09. The van der Waals surface area contributed by atoms with Crippen molar-refractivity contribution in [2.24, 2.45) is 0 Å². The number of rotatable bonds is 5. The van der Waals surface area contributed by atoms with Gasteiger partial charge in [0.15, 0.2) is 0 Å². The average Bonchev–Trinajstić information content (AvgIpc) is 2.58. The molecule has 0 unspecified atom stereocenters. The first-order valence-electron chi connectivity index (χ1n) is 7.79. The zero-order chi connectivity index (χ0) is 17.8. The minimum absolute atomic E-state index is 0.00586. The molecule has 3 rings (SSSR count). The van der Waals surface area contributed by atoms with Gasteiger partial charge in [-0.05, 0) is 38.1 Å². The zero-order valence-electron chi connectivity index (χ0n) is 13.8. The summed E-state index contributed by atoms with van der Waals surface area (Å²) in [4.78, 5) is 12.9. The van der Waals surface area contributed by atoms with Crippen molar-refractivity contribution in [3.63, 3.8) is 0 Å². The predicted molar refractivity (Wildman–Crippen MR) is 93.7 cm³/mol. The molecule has 0 fully saturated rings. The smallest absolute Gasteiger partial charge is 0.225 e. The second kappa shape index (κ2) is 7.21. The summed E-state index contributed by atoms with van der Waals surface area (Å²) in [6.45, 7) is 3.92. The van der Waals surface area contributed by atoms with Gasteiger partial charge in [-0.2, -0.15) is 4.98 Å². The minimum Gasteiger partial charge on any atom is -0.352 e. The van der Waals surface area contributed by atoms with E-state index < -0.39 is 11.6 Å². The molecule has 0 saturated heterocycles. The molecule has 2 heterocycles. The van der Waals surface area contributed by atoms with Crippen molar-refractivity contribution in [1.82, 2.24) is 15.0 Å². The molecule has 1 aromatic carbocycles. The molecule has 7 heteroatoms. The lowest BCUT2D eigenvalue weighted by molar-refractivity contribution is 0.603. The number of hydrogen-bond acceptors (Lipinski definition) is 5. The highest BCUT2D eigenvalue weighted by Crippen LogP contribution is 2.25. The first kappa shape index (κ1) is 16.8. The summed E-state index contributed by atoms with van der Waals surface area (Å²) in [6, 6.07) is 8.64. The van der Waals surface area contributed by atoms with E-state index in [1.54, 1.807) is 24.5 Å². The van der Waals surface area contributed by atoms with E-state index in [4.69, 9.17) is 0 Å². The Labute approximate surface area is 144 Å². The molecule has 0 spiro atoms. The van der Waals surface area contributed by atoms with Gasteiger partial charge in [0.05, 0.1) is 11.4 Å². The Morgan fingerprint density at radius 1 is 1.04 bits per heavy atom. The second-order valence-corrected chi connectivity index (χ2v) is 5.75. The Kier molecular flexibility index (Phi) is 4.83. The van der Waals surface area contributed by atoms with Crippen molar-refractivity contribution in [3.05, 3.63) is 60.4 Å². The third-order valence-electron chi connectivity index (χ3n) is 3.29. The van der Waals surface area contributed by atoms with Crippen LogP contribution in [0.1, 0.15) is 13.8 Å². The van der Waals surface area contributed by atoms with Gasteiger partial charge in [0.25, 0.3) is 0 Å². The van der Waals surface area contributed by atoms with Crippen LogP contribution in [0.15, 0.2) is 48.8 Å². The maximum absolute atomic E-state index is 13.9. The molecule has 0 saturated carbocycles. The fourth-order valence-corrected chi connectivity index (χ4v) is 2.23. The molecule has 0 amide bonds. The van der Waals surface area contributed by atoms with Crippen LogP contribution in [0, 0.1) is 11.6 Å². The number of hydrogen-bond donors (Lipinski definition) is 2. The third-order valence-corrected chi connectivity index (χ3v) is 3.29. The predicted octanol–water partition coefficient (Wildman–Crippen LogP) is 4.38. The lowest BCUT2D eigenvalue weighted by Gasteiger charge is -2.13. The molecule has 0 bridgehead atoms. The van der Waals surface area contributed by atoms with E-state index in [2.05, 4.69) is 25.6 Å². The van der Waals surface area contributed by atoms with Crippen LogP contribution in [0.4, 0.5) is 26.2 Å². The average molecular weight is 341 g/mol. The van der Waals surface area contributed by atoms with Gasteiger partial charge in [-0.3, -0.25) is 4.98 Å². The number of benzene rings is 1. The molecule has 0 aliphatic carbocycles. The Morgan fingerprint density at radius 3 is 2.60 bits per heavy atom. The van der Waals surface area contributed by atoms with E-state index in [1.165, 1.54) is 0 Å². The van der Waals surface area contributed by atoms with E-state index in [1.807, 2.05) is 19.9 Å². The molecule has 25 heavy (non-hydrogen) atoms. The van der Waals surface area contributed by atoms with E-state index in [0.717, 1.165) is 23.8 Å². The standard InChI is InChI=1S/C18H17F2N5/c1-11(2)22-18-24-15(12-4-3-7-21-10-12)9-17(25-18)23-16-8-13(19)5-6-14(16)20/h3-11H,1-2H3,(H2,22,23,24,25). The molecule has 0 aliphatic rings. The molecule has 2 N–H and O–H groups in total. The minimum atomic E-state index is -0.568. The summed E-state index contributed by atoms with van der Waals surface area (Å²) in [5.74, 6) is -0.371. The summed E-state index contributed by atoms with van der Waals surface area (Å²) in [5, 5.41) is 5.93. The fourth-order valence-electron chi connectivity index (χ4n) is 2.23. The monoisotopic (exact) mass is 341 g/mol. The van der Waals surface area contributed by atoms with Crippen LogP contribution < -0.4 is 10.6 Å². The van der Waals surface area contributed by atoms with Gasteiger partial charge < -0.3 is 10.6 Å². The van der Waals surface area contributed by atoms with Gasteiger partial charge in [0.1, 0.15) is 17.5 Å². The van der Waals surface area contributed by atoms with Gasteiger partial charge in [-0.15, -0.1) is 0 Å². The maximum atomic E-state index is 13.9. The zero-order valence-corrected chi connectivity index (χ0v) is 13.8. The second-order valence-electron chi connectivity index (χ2n) is 5.75. The van der Waals surface area contributed by atoms with Crippen molar-refractivity contribution >= 4 is 17.5 Å². The normalized spacial score (nSPS) is 10.8. The molecular weight excluding hydrogens is 324 g/mol. The van der Waals surface area contributed by atoms with E-state index in [-0.39, 0.29) is 11.7 Å². The first-order chi connectivity index (χ1) is 12.0. The molecular formula is C18H17F2N5. The first-order valence-corrected chi connectivity index (χ1v) is 7.79. The summed E-state index contributed by atoms with van der Waals surface area (Å²) in [6.07, 6.45) is 3.34. The molecule has 3 aromatic rings. The van der Waals surface area contributed by atoms with Gasteiger partial charge in [0.2, 0.25) is 5.95 Å². The van der Waals surface area contributed by atoms with Crippen molar-refractivity contribution in [2.45, 2.75) is 19.9 Å². The van der Waals surface area contributed by atoms with Gasteiger partial charge in [-0.1, -0.05) is 0 Å². The summed E-state index contributed by atoms with van der Waals surface area (Å²) < 4.78 is 27.3. The third kappa shape index (κ3) is 4.26. The van der Waals surface area contributed by atoms with E-state index in [9.17, 15) is 8.78 Å². The SMILES string of the molecule is CC(C)Nc1nc(Nc2cc(F)ccc2F)cc(-c2cccnc2)n1. The largest absolute Gasteiger partial charge is 0.352 e. The van der Waals surface area contributed by atoms with Crippen LogP contribution in [-0.2, 0) is 0 Å². The summed E-state index contributed by atoms with van der Waals surface area (Å²) >= 11 is 0. The fraction of sp³-hybridized carbons (Fsp3) is 0.167. The lowest BCUT2D eigenvalue weighted by Crippen LogP contribution is -2.13. The van der Waals surface area contributed by atoms with Crippen LogP contribution in [0.2, 0.25) is 0 Å². The van der Waals surface area contributed by atoms with Crippen molar-refractivity contribution in [2.75, 3.05) is 10.6 Å². The van der Waals surface area contributed by atoms with Crippen LogP contribution in [0.5, 0.6) is 0 Å². The number of nitrogens with one attached hydrogen (secondary N) is 2. The van der Waals surface area contributed by atoms with Crippen LogP contribution in [0.3, 0.4) is 0 Å². The molecule has 5 nitrogen and oxygen atoms in total. The number of nitrogens with zero attached hydrogens (tertiary/aromatic N) is 3. The van der Waals surface area contributed by atoms with Crippen molar-refractivity contribution in [3.8, 4) is 11.3 Å². The number of pyridine rings is 1. The maximum Gasteiger partial charge on any atom is 0.225 e. The number of halogens is 2. The van der Waals surface area contributed by atoms with Crippen LogP contribution in [0.25, 0.3) is 11.3 Å². The Morgan fingerprint density at radius 2 is 1.88 bits per heavy atom. The van der Waals surface area contributed by atoms with E-state index in [0.29, 0.717) is 17.5 Å². The number of anilines is 3. The summed E-state index contributed by atoms with van der Waals surface area (Å²) in [7, 11) is 0. The van der Waals surface area contributed by atoms with Gasteiger partial charge in [-0.25, -0.2) is 13.8 Å². The van der Waals surface area contributed by atoms with E-state index >= 15 is 0 Å². The van der Waals surface area contributed by atoms with Gasteiger partial charge in [0, 0.05) is 36.1 Å². The highest BCUT2D eigenvalue weighted by Gasteiger charge is 2.10. The molecule has 0 aliphatic heterocycles. The molecule has 0 atom stereocenters. The number of aromatic nitrogens is 3. The Bertz CT molecular complexity index is 869. The van der Waals surface area contributed by atoms with Crippen molar-refractivity contribution < 1.29 is 8.78 Å². The molecule has 128 valence electrons. The highest BCUT2D eigenvalue weighted by molar-refractivity contribution is 5.67. The molecule has 0 radical (unpaired) electrons. The topological polar surface area (TPSA) is 62.7 Å². The summed E-state index contributed by atoms with van der Waals surface area (Å²) in [5.41, 5.74) is 1.41. The van der Waals surface area contributed by atoms with Crippen LogP contribution in [-0.4, -0.2) is 21.0 Å². The van der Waals surface area contributed by atoms with Gasteiger partial charge >= 0.3 is 0 Å². The quantitative estimate of drug-likeness (QED) is 0.721. The Balaban J connectivity index is 2.01. The van der Waals surface area contributed by atoms with Crippen molar-refractivity contribution in [1.29, 1.82) is 0 Å².